The Morgan fingerprint density at radius 1 is 1.18 bits per heavy atom. The third-order valence-corrected chi connectivity index (χ3v) is 5.76. The predicted molar refractivity (Wildman–Crippen MR) is 128 cm³/mol. The number of rotatable bonds is 6. The Hall–Kier alpha value is -3.85. The number of hydrogen-bond donors (Lipinski definition) is 2. The van der Waals surface area contributed by atoms with Crippen LogP contribution in [0.25, 0.3) is 5.69 Å². The highest BCUT2D eigenvalue weighted by atomic mass is 35.5. The first-order valence-corrected chi connectivity index (χ1v) is 11.2. The van der Waals surface area contributed by atoms with Gasteiger partial charge >= 0.3 is 5.69 Å². The lowest BCUT2D eigenvalue weighted by atomic mass is 9.98. The lowest BCUT2D eigenvalue weighted by Crippen LogP contribution is -2.33. The number of halogens is 1. The van der Waals surface area contributed by atoms with E-state index >= 15 is 0 Å². The smallest absolute Gasteiger partial charge is 0.335 e. The number of carbonyl (C=O) groups excluding carboxylic acids is 1. The quantitative estimate of drug-likeness (QED) is 0.558. The molecule has 2 heterocycles. The summed E-state index contributed by atoms with van der Waals surface area (Å²) in [5.74, 6) is -0.227. The van der Waals surface area contributed by atoms with Crippen molar-refractivity contribution in [2.75, 3.05) is 6.61 Å². The molecule has 0 bridgehead atoms. The highest BCUT2D eigenvalue weighted by Crippen LogP contribution is 2.38. The average molecular weight is 483 g/mol. The maximum Gasteiger partial charge on any atom is 0.335 e. The number of benzene rings is 2. The minimum atomic E-state index is -0.813. The summed E-state index contributed by atoms with van der Waals surface area (Å²) in [6, 6.07) is 12.9. The molecule has 10 heteroatoms. The van der Waals surface area contributed by atoms with E-state index < -0.39 is 23.2 Å². The minimum absolute atomic E-state index is 0.144. The summed E-state index contributed by atoms with van der Waals surface area (Å²) in [6.45, 7) is 4.01. The summed E-state index contributed by atoms with van der Waals surface area (Å²) < 4.78 is 6.70. The number of nitrogens with zero attached hydrogens (tertiary/aromatic N) is 3. The van der Waals surface area contributed by atoms with Crippen LogP contribution in [0.1, 0.15) is 43.9 Å². The lowest BCUT2D eigenvalue weighted by Gasteiger charge is -2.23. The van der Waals surface area contributed by atoms with Crippen molar-refractivity contribution in [3.8, 4) is 17.3 Å². The molecule has 1 amide bonds. The van der Waals surface area contributed by atoms with Crippen molar-refractivity contribution < 1.29 is 14.6 Å². The molecule has 9 nitrogen and oxygen atoms in total. The molecule has 176 valence electrons. The van der Waals surface area contributed by atoms with E-state index in [4.69, 9.17) is 16.3 Å². The first-order chi connectivity index (χ1) is 16.3. The van der Waals surface area contributed by atoms with E-state index in [1.807, 2.05) is 25.1 Å². The van der Waals surface area contributed by atoms with Crippen molar-refractivity contribution in [1.82, 2.24) is 14.6 Å². The van der Waals surface area contributed by atoms with Crippen molar-refractivity contribution in [2.45, 2.75) is 32.7 Å². The molecular formula is C24H23ClN4O5. The fourth-order valence-electron chi connectivity index (χ4n) is 3.95. The molecular weight excluding hydrogens is 460 g/mol. The van der Waals surface area contributed by atoms with Crippen molar-refractivity contribution in [1.29, 1.82) is 0 Å². The van der Waals surface area contributed by atoms with E-state index in [0.717, 1.165) is 10.1 Å². The first-order valence-electron chi connectivity index (χ1n) is 10.8. The molecule has 34 heavy (non-hydrogen) atoms. The van der Waals surface area contributed by atoms with Gasteiger partial charge in [-0.15, -0.1) is 0 Å². The van der Waals surface area contributed by atoms with Crippen LogP contribution in [0, 0.1) is 0 Å². The number of nitrogens with one attached hydrogen (secondary N) is 1. The highest BCUT2D eigenvalue weighted by Gasteiger charge is 2.36. The third kappa shape index (κ3) is 4.22. The topological polar surface area (TPSA) is 117 Å². The SMILES string of the molecule is CCOc1ccccc1C1CC(c2c(O)n(-c3ccc(Cl)cc3)c(=O)[nH]c2=O)=NN1C(=O)CC. The van der Waals surface area contributed by atoms with Gasteiger partial charge in [-0.05, 0) is 37.3 Å². The van der Waals surface area contributed by atoms with Gasteiger partial charge < -0.3 is 9.84 Å². The fourth-order valence-corrected chi connectivity index (χ4v) is 4.08. The lowest BCUT2D eigenvalue weighted by molar-refractivity contribution is -0.132. The van der Waals surface area contributed by atoms with E-state index in [1.165, 1.54) is 17.1 Å². The maximum atomic E-state index is 12.8. The van der Waals surface area contributed by atoms with E-state index in [2.05, 4.69) is 10.1 Å². The van der Waals surface area contributed by atoms with Crippen LogP contribution in [0.2, 0.25) is 5.02 Å². The summed E-state index contributed by atoms with van der Waals surface area (Å²) >= 11 is 5.93. The van der Waals surface area contributed by atoms with Gasteiger partial charge in [-0.1, -0.05) is 36.7 Å². The maximum absolute atomic E-state index is 12.8. The Kier molecular flexibility index (Phi) is 6.56. The largest absolute Gasteiger partial charge is 0.494 e. The highest BCUT2D eigenvalue weighted by molar-refractivity contribution is 6.30. The average Bonchev–Trinajstić information content (AvgIpc) is 3.24. The summed E-state index contributed by atoms with van der Waals surface area (Å²) in [4.78, 5) is 40.3. The Bertz CT molecular complexity index is 1380. The fraction of sp³-hybridized carbons (Fsp3) is 0.250. The first kappa shape index (κ1) is 23.3. The van der Waals surface area contributed by atoms with E-state index in [1.54, 1.807) is 25.1 Å². The number of aromatic amines is 1. The Labute approximate surface area is 199 Å². The number of amides is 1. The monoisotopic (exact) mass is 482 g/mol. The van der Waals surface area contributed by atoms with Crippen molar-refractivity contribution in [2.24, 2.45) is 5.10 Å². The Morgan fingerprint density at radius 3 is 2.56 bits per heavy atom. The summed E-state index contributed by atoms with van der Waals surface area (Å²) in [7, 11) is 0. The number of hydrogen-bond acceptors (Lipinski definition) is 6. The zero-order chi connectivity index (χ0) is 24.4. The molecule has 1 unspecified atom stereocenters. The minimum Gasteiger partial charge on any atom is -0.494 e. The van der Waals surface area contributed by atoms with Crippen LogP contribution in [0.15, 0.2) is 63.2 Å². The van der Waals surface area contributed by atoms with Crippen LogP contribution < -0.4 is 16.0 Å². The zero-order valence-corrected chi connectivity index (χ0v) is 19.4. The number of carbonyl (C=O) groups is 1. The van der Waals surface area contributed by atoms with Gasteiger partial charge in [0.2, 0.25) is 11.8 Å². The summed E-state index contributed by atoms with van der Waals surface area (Å²) in [5, 5.41) is 17.2. The number of aromatic nitrogens is 2. The van der Waals surface area contributed by atoms with E-state index in [-0.39, 0.29) is 30.0 Å². The molecule has 4 rings (SSSR count). The summed E-state index contributed by atoms with van der Waals surface area (Å²) in [5.41, 5.74) is -0.574. The molecule has 1 aromatic heterocycles. The zero-order valence-electron chi connectivity index (χ0n) is 18.6. The van der Waals surface area contributed by atoms with Crippen LogP contribution in [-0.4, -0.2) is 37.9 Å². The van der Waals surface area contributed by atoms with Crippen molar-refractivity contribution in [3.05, 3.63) is 85.5 Å². The van der Waals surface area contributed by atoms with Gasteiger partial charge in [-0.3, -0.25) is 14.6 Å². The second-order valence-electron chi connectivity index (χ2n) is 7.60. The van der Waals surface area contributed by atoms with Gasteiger partial charge in [0.05, 0.1) is 24.0 Å². The van der Waals surface area contributed by atoms with E-state index in [0.29, 0.717) is 23.1 Å². The number of hydrazone groups is 1. The van der Waals surface area contributed by atoms with Crippen molar-refractivity contribution >= 4 is 23.2 Å². The molecule has 0 fully saturated rings. The van der Waals surface area contributed by atoms with E-state index in [9.17, 15) is 19.5 Å². The molecule has 0 spiro atoms. The molecule has 2 N–H and O–H groups in total. The second kappa shape index (κ2) is 9.56. The predicted octanol–water partition coefficient (Wildman–Crippen LogP) is 3.37. The Morgan fingerprint density at radius 2 is 1.88 bits per heavy atom. The second-order valence-corrected chi connectivity index (χ2v) is 8.04. The van der Waals surface area contributed by atoms with Gasteiger partial charge in [0.1, 0.15) is 11.3 Å². The normalized spacial score (nSPS) is 15.3. The van der Waals surface area contributed by atoms with Crippen molar-refractivity contribution in [3.63, 3.8) is 0 Å². The molecule has 0 saturated carbocycles. The van der Waals surface area contributed by atoms with Gasteiger partial charge in [0, 0.05) is 23.4 Å². The molecule has 0 aliphatic carbocycles. The number of H-pyrrole nitrogens is 1. The van der Waals surface area contributed by atoms with Gasteiger partial charge in [0.25, 0.3) is 5.56 Å². The molecule has 1 aliphatic rings. The van der Waals surface area contributed by atoms with Crippen LogP contribution in [0.3, 0.4) is 0 Å². The standard InChI is InChI=1S/C24H23ClN4O5/c1-3-20(30)29-18(16-7-5-6-8-19(16)34-4-2)13-17(27-29)21-22(31)26-24(33)28(23(21)32)15-11-9-14(25)10-12-15/h5-12,18,32H,3-4,13H2,1-2H3,(H,26,31,33). The number of aromatic hydroxyl groups is 1. The van der Waals surface area contributed by atoms with Gasteiger partial charge in [-0.25, -0.2) is 14.4 Å². The van der Waals surface area contributed by atoms with Gasteiger partial charge in [0.15, 0.2) is 0 Å². The van der Waals surface area contributed by atoms with Crippen LogP contribution in [-0.2, 0) is 4.79 Å². The molecule has 3 aromatic rings. The van der Waals surface area contributed by atoms with Gasteiger partial charge in [-0.2, -0.15) is 5.10 Å². The van der Waals surface area contributed by atoms with Crippen LogP contribution in [0.4, 0.5) is 0 Å². The summed E-state index contributed by atoms with van der Waals surface area (Å²) in [6.07, 6.45) is 0.335. The molecule has 1 atom stereocenters. The molecule has 0 radical (unpaired) electrons. The Balaban J connectivity index is 1.84. The van der Waals surface area contributed by atoms with Crippen LogP contribution >= 0.6 is 11.6 Å². The van der Waals surface area contributed by atoms with Crippen LogP contribution in [0.5, 0.6) is 11.6 Å². The molecule has 1 aliphatic heterocycles. The third-order valence-electron chi connectivity index (χ3n) is 5.51. The number of ether oxygens (including phenoxy) is 1. The molecule has 0 saturated heterocycles. The number of para-hydroxylation sites is 1. The molecule has 2 aromatic carbocycles.